The number of hydrogen-bond donors (Lipinski definition) is 1. The van der Waals surface area contributed by atoms with Crippen molar-refractivity contribution in [1.29, 1.82) is 5.26 Å². The lowest BCUT2D eigenvalue weighted by Crippen LogP contribution is -2.44. The van der Waals surface area contributed by atoms with Gasteiger partial charge >= 0.3 is 0 Å². The van der Waals surface area contributed by atoms with Crippen molar-refractivity contribution in [2.75, 3.05) is 0 Å². The number of carbonyl (C=O) groups is 1. The lowest BCUT2D eigenvalue weighted by atomic mass is 10.0. The molecule has 92 valence electrons. The van der Waals surface area contributed by atoms with Gasteiger partial charge in [-0.2, -0.15) is 5.26 Å². The van der Waals surface area contributed by atoms with Crippen molar-refractivity contribution in [1.82, 2.24) is 5.32 Å². The van der Waals surface area contributed by atoms with Crippen molar-refractivity contribution in [3.05, 3.63) is 0 Å². The van der Waals surface area contributed by atoms with E-state index in [-0.39, 0.29) is 5.91 Å². The maximum Gasteiger partial charge on any atom is 0.221 e. The summed E-state index contributed by atoms with van der Waals surface area (Å²) < 4.78 is 0. The van der Waals surface area contributed by atoms with Gasteiger partial charge in [0.25, 0.3) is 0 Å². The fourth-order valence-corrected chi connectivity index (χ4v) is 1.45. The van der Waals surface area contributed by atoms with Crippen LogP contribution in [0.2, 0.25) is 0 Å². The van der Waals surface area contributed by atoms with E-state index in [9.17, 15) is 4.79 Å². The molecule has 0 fully saturated rings. The number of nitrogens with zero attached hydrogens (tertiary/aromatic N) is 1. The zero-order chi connectivity index (χ0) is 12.4. The lowest BCUT2D eigenvalue weighted by Gasteiger charge is -2.21. The van der Waals surface area contributed by atoms with Crippen molar-refractivity contribution < 1.29 is 4.79 Å². The Hall–Kier alpha value is -1.04. The van der Waals surface area contributed by atoms with Crippen LogP contribution >= 0.6 is 0 Å². The molecule has 1 amide bonds. The third-order valence-corrected chi connectivity index (χ3v) is 2.88. The molecule has 0 heterocycles. The number of carbonyl (C=O) groups excluding carboxylic acids is 1. The van der Waals surface area contributed by atoms with E-state index in [4.69, 9.17) is 5.26 Å². The van der Waals surface area contributed by atoms with E-state index in [1.54, 1.807) is 6.92 Å². The van der Waals surface area contributed by atoms with E-state index in [1.165, 1.54) is 19.3 Å². The molecular formula is C13H24N2O. The van der Waals surface area contributed by atoms with Crippen LogP contribution in [0.3, 0.4) is 0 Å². The molecule has 1 N–H and O–H groups in total. The summed E-state index contributed by atoms with van der Waals surface area (Å²) in [6.07, 6.45) is 6.88. The van der Waals surface area contributed by atoms with Crippen molar-refractivity contribution in [3.63, 3.8) is 0 Å². The molecule has 0 rings (SSSR count). The predicted octanol–water partition coefficient (Wildman–Crippen LogP) is 3.16. The average molecular weight is 224 g/mol. The van der Waals surface area contributed by atoms with Gasteiger partial charge in [0.15, 0.2) is 0 Å². The summed E-state index contributed by atoms with van der Waals surface area (Å²) in [5, 5.41) is 11.7. The highest BCUT2D eigenvalue weighted by Gasteiger charge is 2.22. The minimum atomic E-state index is -0.694. The van der Waals surface area contributed by atoms with Gasteiger partial charge in [0.05, 0.1) is 6.07 Å². The zero-order valence-electron chi connectivity index (χ0n) is 10.8. The summed E-state index contributed by atoms with van der Waals surface area (Å²) in [5.41, 5.74) is -0.694. The molecule has 0 bridgehead atoms. The molecule has 0 saturated heterocycles. The van der Waals surface area contributed by atoms with E-state index in [0.717, 1.165) is 12.8 Å². The highest BCUT2D eigenvalue weighted by molar-refractivity contribution is 5.77. The SMILES string of the molecule is CCCCCCCC(=O)NC(C)(C#N)CC. The smallest absolute Gasteiger partial charge is 0.221 e. The van der Waals surface area contributed by atoms with Crippen LogP contribution in [0.25, 0.3) is 0 Å². The van der Waals surface area contributed by atoms with E-state index >= 15 is 0 Å². The number of nitrogens with one attached hydrogen (secondary N) is 1. The quantitative estimate of drug-likeness (QED) is 0.644. The van der Waals surface area contributed by atoms with Crippen LogP contribution in [0.5, 0.6) is 0 Å². The molecule has 0 radical (unpaired) electrons. The maximum absolute atomic E-state index is 11.5. The van der Waals surface area contributed by atoms with Gasteiger partial charge in [-0.05, 0) is 19.8 Å². The van der Waals surface area contributed by atoms with Gasteiger partial charge in [0.2, 0.25) is 5.91 Å². The van der Waals surface area contributed by atoms with Gasteiger partial charge in [0.1, 0.15) is 5.54 Å². The molecule has 3 heteroatoms. The van der Waals surface area contributed by atoms with Crippen molar-refractivity contribution >= 4 is 5.91 Å². The number of unbranched alkanes of at least 4 members (excludes halogenated alkanes) is 4. The molecule has 0 aromatic carbocycles. The molecule has 0 aromatic rings. The Labute approximate surface area is 99.2 Å². The molecule has 1 atom stereocenters. The van der Waals surface area contributed by atoms with Crippen LogP contribution in [0.1, 0.15) is 65.7 Å². The molecule has 0 spiro atoms. The molecule has 3 nitrogen and oxygen atoms in total. The van der Waals surface area contributed by atoms with Gasteiger partial charge in [-0.1, -0.05) is 39.5 Å². The second-order valence-electron chi connectivity index (χ2n) is 4.51. The zero-order valence-corrected chi connectivity index (χ0v) is 10.8. The van der Waals surface area contributed by atoms with Gasteiger partial charge in [-0.3, -0.25) is 4.79 Å². The fraction of sp³-hybridized carbons (Fsp3) is 0.846. The van der Waals surface area contributed by atoms with Gasteiger partial charge < -0.3 is 5.32 Å². The number of nitriles is 1. The molecule has 0 aliphatic rings. The topological polar surface area (TPSA) is 52.9 Å². The molecular weight excluding hydrogens is 200 g/mol. The van der Waals surface area contributed by atoms with Crippen molar-refractivity contribution in [2.24, 2.45) is 0 Å². The van der Waals surface area contributed by atoms with E-state index < -0.39 is 5.54 Å². The van der Waals surface area contributed by atoms with Gasteiger partial charge in [0, 0.05) is 6.42 Å². The summed E-state index contributed by atoms with van der Waals surface area (Å²) in [7, 11) is 0. The second-order valence-corrected chi connectivity index (χ2v) is 4.51. The van der Waals surface area contributed by atoms with Gasteiger partial charge in [-0.15, -0.1) is 0 Å². The Kier molecular flexibility index (Phi) is 7.62. The van der Waals surface area contributed by atoms with E-state index in [1.807, 2.05) is 6.92 Å². The number of rotatable bonds is 8. The first-order valence-electron chi connectivity index (χ1n) is 6.30. The molecule has 0 aliphatic heterocycles. The first kappa shape index (κ1) is 15.0. The summed E-state index contributed by atoms with van der Waals surface area (Å²) in [4.78, 5) is 11.5. The highest BCUT2D eigenvalue weighted by Crippen LogP contribution is 2.09. The van der Waals surface area contributed by atoms with Crippen LogP contribution < -0.4 is 5.32 Å². The fourth-order valence-electron chi connectivity index (χ4n) is 1.45. The molecule has 16 heavy (non-hydrogen) atoms. The third-order valence-electron chi connectivity index (χ3n) is 2.88. The number of hydrogen-bond acceptors (Lipinski definition) is 2. The number of amides is 1. The van der Waals surface area contributed by atoms with Gasteiger partial charge in [-0.25, -0.2) is 0 Å². The Morgan fingerprint density at radius 1 is 1.25 bits per heavy atom. The summed E-state index contributed by atoms with van der Waals surface area (Å²) in [5.74, 6) is 0.00222. The second kappa shape index (κ2) is 8.15. The minimum absolute atomic E-state index is 0.00222. The van der Waals surface area contributed by atoms with Crippen LogP contribution in [0.4, 0.5) is 0 Å². The molecule has 0 aliphatic carbocycles. The average Bonchev–Trinajstić information content (AvgIpc) is 2.28. The molecule has 0 aromatic heterocycles. The van der Waals surface area contributed by atoms with Crippen molar-refractivity contribution in [3.8, 4) is 6.07 Å². The molecule has 0 saturated carbocycles. The van der Waals surface area contributed by atoms with Crippen LogP contribution in [0, 0.1) is 11.3 Å². The Bertz CT molecular complexity index is 245. The Balaban J connectivity index is 3.71. The predicted molar refractivity (Wildman–Crippen MR) is 65.8 cm³/mol. The first-order chi connectivity index (χ1) is 7.58. The van der Waals surface area contributed by atoms with E-state index in [2.05, 4.69) is 18.3 Å². The third kappa shape index (κ3) is 6.44. The van der Waals surface area contributed by atoms with Crippen molar-refractivity contribution in [2.45, 2.75) is 71.3 Å². The monoisotopic (exact) mass is 224 g/mol. The van der Waals surface area contributed by atoms with Crippen LogP contribution in [0.15, 0.2) is 0 Å². The lowest BCUT2D eigenvalue weighted by molar-refractivity contribution is -0.122. The Morgan fingerprint density at radius 2 is 1.88 bits per heavy atom. The van der Waals surface area contributed by atoms with E-state index in [0.29, 0.717) is 12.8 Å². The largest absolute Gasteiger partial charge is 0.338 e. The molecule has 1 unspecified atom stereocenters. The maximum atomic E-state index is 11.5. The normalized spacial score (nSPS) is 13.9. The van der Waals surface area contributed by atoms with Crippen LogP contribution in [-0.2, 0) is 4.79 Å². The first-order valence-corrected chi connectivity index (χ1v) is 6.30. The summed E-state index contributed by atoms with van der Waals surface area (Å²) in [6.45, 7) is 5.85. The Morgan fingerprint density at radius 3 is 2.38 bits per heavy atom. The minimum Gasteiger partial charge on any atom is -0.338 e. The summed E-state index contributed by atoms with van der Waals surface area (Å²) >= 11 is 0. The standard InChI is InChI=1S/C13H24N2O/c1-4-6-7-8-9-10-12(16)15-13(3,5-2)11-14/h4-10H2,1-3H3,(H,15,16). The highest BCUT2D eigenvalue weighted by atomic mass is 16.1. The van der Waals surface area contributed by atoms with Crippen LogP contribution in [-0.4, -0.2) is 11.4 Å². The summed E-state index contributed by atoms with van der Waals surface area (Å²) in [6, 6.07) is 2.14.